The van der Waals surface area contributed by atoms with Crippen molar-refractivity contribution in [3.05, 3.63) is 0 Å². The van der Waals surface area contributed by atoms with Gasteiger partial charge in [-0.2, -0.15) is 16.8 Å². The van der Waals surface area contributed by atoms with Gasteiger partial charge in [0.2, 0.25) is 0 Å². The van der Waals surface area contributed by atoms with E-state index in [2.05, 4.69) is 0 Å². The maximum atomic E-state index is 11.2. The second kappa shape index (κ2) is 6.09. The van der Waals surface area contributed by atoms with Crippen LogP contribution in [0.5, 0.6) is 0 Å². The number of rotatable bonds is 6. The minimum absolute atomic E-state index is 0.786. The van der Waals surface area contributed by atoms with Gasteiger partial charge in [-0.25, -0.2) is 0 Å². The molecule has 1 fully saturated rings. The zero-order chi connectivity index (χ0) is 16.6. The van der Waals surface area contributed by atoms with E-state index < -0.39 is 50.4 Å². The fourth-order valence-electron chi connectivity index (χ4n) is 2.20. The molecule has 0 amide bonds. The second-order valence-electron chi connectivity index (χ2n) is 5.58. The van der Waals surface area contributed by atoms with Gasteiger partial charge in [-0.15, -0.1) is 0 Å². The van der Waals surface area contributed by atoms with E-state index in [1.54, 1.807) is 13.8 Å². The Morgan fingerprint density at radius 2 is 1.14 bits per heavy atom. The molecule has 4 atom stereocenters. The van der Waals surface area contributed by atoms with E-state index in [1.807, 2.05) is 0 Å². The summed E-state index contributed by atoms with van der Waals surface area (Å²) in [5.41, 5.74) is 0. The van der Waals surface area contributed by atoms with Crippen LogP contribution in [0.25, 0.3) is 0 Å². The molecular weight excluding hydrogens is 324 g/mol. The average molecular weight is 346 g/mol. The van der Waals surface area contributed by atoms with Crippen LogP contribution in [0.3, 0.4) is 0 Å². The smallest absolute Gasteiger partial charge is 0.264 e. The maximum Gasteiger partial charge on any atom is 0.264 e. The Balaban J connectivity index is 2.93. The molecule has 0 radical (unpaired) electrons. The molecule has 1 aliphatic heterocycles. The highest BCUT2D eigenvalue weighted by Gasteiger charge is 2.48. The Morgan fingerprint density at radius 1 is 0.857 bits per heavy atom. The van der Waals surface area contributed by atoms with E-state index in [0.717, 1.165) is 12.5 Å². The van der Waals surface area contributed by atoms with Gasteiger partial charge in [-0.1, -0.05) is 0 Å². The summed E-state index contributed by atoms with van der Waals surface area (Å²) in [6.45, 7) is 6.30. The molecule has 1 aliphatic rings. The van der Waals surface area contributed by atoms with Gasteiger partial charge in [0.15, 0.2) is 5.79 Å². The van der Waals surface area contributed by atoms with Crippen molar-refractivity contribution in [3.63, 3.8) is 0 Å². The molecule has 10 heteroatoms. The van der Waals surface area contributed by atoms with E-state index in [-0.39, 0.29) is 0 Å². The summed E-state index contributed by atoms with van der Waals surface area (Å²) in [5, 5.41) is 0. The van der Waals surface area contributed by atoms with Crippen molar-refractivity contribution in [3.8, 4) is 0 Å². The summed E-state index contributed by atoms with van der Waals surface area (Å²) in [6.07, 6.45) is -1.42. The lowest BCUT2D eigenvalue weighted by molar-refractivity contribution is -0.157. The molecule has 1 unspecified atom stereocenters. The molecule has 0 aliphatic carbocycles. The normalized spacial score (nSPS) is 29.2. The van der Waals surface area contributed by atoms with Crippen LogP contribution >= 0.6 is 0 Å². The zero-order valence-electron chi connectivity index (χ0n) is 12.9. The van der Waals surface area contributed by atoms with Gasteiger partial charge in [0.1, 0.15) is 24.4 Å². The van der Waals surface area contributed by atoms with Crippen LogP contribution in [0.15, 0.2) is 0 Å². The van der Waals surface area contributed by atoms with Crippen molar-refractivity contribution in [2.24, 2.45) is 0 Å². The van der Waals surface area contributed by atoms with Crippen molar-refractivity contribution in [1.82, 2.24) is 0 Å². The average Bonchev–Trinajstić information content (AvgIpc) is 2.49. The molecule has 0 spiro atoms. The molecule has 0 aromatic carbocycles. The van der Waals surface area contributed by atoms with E-state index in [4.69, 9.17) is 17.8 Å². The lowest BCUT2D eigenvalue weighted by Crippen LogP contribution is -2.43. The van der Waals surface area contributed by atoms with Gasteiger partial charge in [0.05, 0.1) is 12.5 Å². The van der Waals surface area contributed by atoms with Gasteiger partial charge < -0.3 is 9.47 Å². The van der Waals surface area contributed by atoms with Gasteiger partial charge in [0, 0.05) is 0 Å². The highest BCUT2D eigenvalue weighted by atomic mass is 32.2. The Morgan fingerprint density at radius 3 is 1.38 bits per heavy atom. The van der Waals surface area contributed by atoms with Gasteiger partial charge in [-0.3, -0.25) is 8.37 Å². The topological polar surface area (TPSA) is 105 Å². The van der Waals surface area contributed by atoms with Gasteiger partial charge in [0.25, 0.3) is 20.2 Å². The summed E-state index contributed by atoms with van der Waals surface area (Å²) in [4.78, 5) is 0. The molecule has 1 rings (SSSR count). The third-order valence-corrected chi connectivity index (χ3v) is 4.05. The third-order valence-electron chi connectivity index (χ3n) is 2.74. The first-order valence-electron chi connectivity index (χ1n) is 6.32. The monoisotopic (exact) mass is 346 g/mol. The molecule has 0 aromatic rings. The highest BCUT2D eigenvalue weighted by Crippen LogP contribution is 2.34. The number of hydrogen-bond acceptors (Lipinski definition) is 8. The first-order valence-corrected chi connectivity index (χ1v) is 9.96. The summed E-state index contributed by atoms with van der Waals surface area (Å²) >= 11 is 0. The van der Waals surface area contributed by atoms with Crippen LogP contribution < -0.4 is 0 Å². The van der Waals surface area contributed by atoms with E-state index in [0.29, 0.717) is 0 Å². The van der Waals surface area contributed by atoms with E-state index in [1.165, 1.54) is 13.8 Å². The van der Waals surface area contributed by atoms with Crippen molar-refractivity contribution < 1.29 is 34.7 Å². The Kier molecular flexibility index (Phi) is 5.45. The fourth-order valence-corrected chi connectivity index (χ4v) is 3.53. The van der Waals surface area contributed by atoms with Crippen LogP contribution in [-0.2, 0) is 38.1 Å². The minimum Gasteiger partial charge on any atom is -0.342 e. The minimum atomic E-state index is -3.68. The third kappa shape index (κ3) is 6.17. The SMILES string of the molecule is CC(OS(C)(=O)=O)[C@H]1OC(C)(C)O[C@@H]1[C@H](C)OS(C)(=O)=O. The first kappa shape index (κ1) is 18.8. The molecule has 0 aromatic heterocycles. The second-order valence-corrected chi connectivity index (χ2v) is 8.78. The molecule has 1 saturated heterocycles. The molecule has 1 heterocycles. The van der Waals surface area contributed by atoms with Crippen molar-refractivity contribution in [2.45, 2.75) is 57.9 Å². The van der Waals surface area contributed by atoms with Crippen molar-refractivity contribution >= 4 is 20.2 Å². The molecule has 0 N–H and O–H groups in total. The molecule has 0 bridgehead atoms. The lowest BCUT2D eigenvalue weighted by Gasteiger charge is -2.25. The Labute approximate surface area is 126 Å². The Bertz CT molecular complexity index is 515. The van der Waals surface area contributed by atoms with Gasteiger partial charge >= 0.3 is 0 Å². The Hall–Kier alpha value is -0.260. The highest BCUT2D eigenvalue weighted by molar-refractivity contribution is 7.86. The van der Waals surface area contributed by atoms with Crippen LogP contribution in [0.1, 0.15) is 27.7 Å². The predicted octanol–water partition coefficient (Wildman–Crippen LogP) is 0.236. The molecule has 8 nitrogen and oxygen atoms in total. The summed E-state index contributed by atoms with van der Waals surface area (Å²) < 4.78 is 65.9. The van der Waals surface area contributed by atoms with Crippen LogP contribution in [0, 0.1) is 0 Å². The number of ether oxygens (including phenoxy) is 2. The summed E-state index contributed by atoms with van der Waals surface area (Å²) in [5.74, 6) is -1.00. The lowest BCUT2D eigenvalue weighted by atomic mass is 10.1. The van der Waals surface area contributed by atoms with Crippen molar-refractivity contribution in [1.29, 1.82) is 0 Å². The summed E-state index contributed by atoms with van der Waals surface area (Å²) in [7, 11) is -7.35. The fraction of sp³-hybridized carbons (Fsp3) is 1.00. The van der Waals surface area contributed by atoms with Gasteiger partial charge in [-0.05, 0) is 27.7 Å². The largest absolute Gasteiger partial charge is 0.342 e. The molecule has 126 valence electrons. The van der Waals surface area contributed by atoms with Crippen LogP contribution in [0.2, 0.25) is 0 Å². The van der Waals surface area contributed by atoms with Crippen LogP contribution in [0.4, 0.5) is 0 Å². The number of hydrogen-bond donors (Lipinski definition) is 0. The first-order chi connectivity index (χ1) is 9.20. The molecular formula is C11H22O8S2. The standard InChI is InChI=1S/C11H22O8S2/c1-7(18-20(5,12)13)9-10(17-11(3,4)16-9)8(2)19-21(6,14)15/h7-10H,1-6H3/t7-,8?,9+,10+/m0/s1. The maximum absolute atomic E-state index is 11.2. The predicted molar refractivity (Wildman–Crippen MR) is 74.6 cm³/mol. The summed E-state index contributed by atoms with van der Waals surface area (Å²) in [6, 6.07) is 0. The molecule has 21 heavy (non-hydrogen) atoms. The quantitative estimate of drug-likeness (QED) is 0.630. The zero-order valence-corrected chi connectivity index (χ0v) is 14.5. The van der Waals surface area contributed by atoms with E-state index >= 15 is 0 Å². The van der Waals surface area contributed by atoms with Crippen LogP contribution in [-0.4, -0.2) is 59.6 Å². The van der Waals surface area contributed by atoms with Crippen molar-refractivity contribution in [2.75, 3.05) is 12.5 Å². The van der Waals surface area contributed by atoms with E-state index in [9.17, 15) is 16.8 Å². The molecule has 0 saturated carbocycles.